The standard InChI is InChI=1S/C20H24N2O/c23-16-20(12-5-2-6-13-20)18-9-7-8-17(14-18)15-21-22-19-10-3-1-4-11-19/h1,3-4,7-11,14-15,22-23H,2,5-6,12-13,16H2. The van der Waals surface area contributed by atoms with Crippen molar-refractivity contribution in [1.29, 1.82) is 0 Å². The van der Waals surface area contributed by atoms with Crippen LogP contribution in [0.25, 0.3) is 0 Å². The lowest BCUT2D eigenvalue weighted by Gasteiger charge is -2.36. The lowest BCUT2D eigenvalue weighted by Crippen LogP contribution is -2.33. The van der Waals surface area contributed by atoms with E-state index in [1.165, 1.54) is 24.8 Å². The second-order valence-corrected chi connectivity index (χ2v) is 6.36. The number of anilines is 1. The maximum atomic E-state index is 9.96. The molecule has 3 rings (SSSR count). The molecule has 0 saturated heterocycles. The Morgan fingerprint density at radius 1 is 1.00 bits per heavy atom. The van der Waals surface area contributed by atoms with Gasteiger partial charge in [-0.3, -0.25) is 5.43 Å². The van der Waals surface area contributed by atoms with Crippen LogP contribution in [0.2, 0.25) is 0 Å². The third kappa shape index (κ3) is 3.80. The fraction of sp³-hybridized carbons (Fsp3) is 0.350. The van der Waals surface area contributed by atoms with E-state index in [1.54, 1.807) is 0 Å². The number of aliphatic hydroxyl groups is 1. The van der Waals surface area contributed by atoms with E-state index in [1.807, 2.05) is 42.6 Å². The van der Waals surface area contributed by atoms with Crippen LogP contribution >= 0.6 is 0 Å². The fourth-order valence-corrected chi connectivity index (χ4v) is 3.41. The molecule has 0 aromatic heterocycles. The van der Waals surface area contributed by atoms with E-state index in [0.29, 0.717) is 0 Å². The highest BCUT2D eigenvalue weighted by atomic mass is 16.3. The first kappa shape index (κ1) is 15.8. The molecule has 23 heavy (non-hydrogen) atoms. The molecule has 0 heterocycles. The normalized spacial score (nSPS) is 17.3. The van der Waals surface area contributed by atoms with Gasteiger partial charge < -0.3 is 5.11 Å². The topological polar surface area (TPSA) is 44.6 Å². The molecular weight excluding hydrogens is 284 g/mol. The third-order valence-corrected chi connectivity index (χ3v) is 4.79. The molecule has 0 bridgehead atoms. The second kappa shape index (κ2) is 7.42. The van der Waals surface area contributed by atoms with Crippen molar-refractivity contribution in [3.8, 4) is 0 Å². The molecule has 1 aliphatic rings. The van der Waals surface area contributed by atoms with Crippen molar-refractivity contribution < 1.29 is 5.11 Å². The monoisotopic (exact) mass is 308 g/mol. The first-order chi connectivity index (χ1) is 11.3. The van der Waals surface area contributed by atoms with Gasteiger partial charge in [0, 0.05) is 5.41 Å². The summed E-state index contributed by atoms with van der Waals surface area (Å²) in [5.41, 5.74) is 6.25. The van der Waals surface area contributed by atoms with Gasteiger partial charge in [0.1, 0.15) is 0 Å². The van der Waals surface area contributed by atoms with Crippen LogP contribution in [0.5, 0.6) is 0 Å². The summed E-state index contributed by atoms with van der Waals surface area (Å²) in [4.78, 5) is 0. The molecule has 0 unspecified atom stereocenters. The fourth-order valence-electron chi connectivity index (χ4n) is 3.41. The van der Waals surface area contributed by atoms with Crippen molar-refractivity contribution >= 4 is 11.9 Å². The molecule has 120 valence electrons. The predicted octanol–water partition coefficient (Wildman–Crippen LogP) is 4.33. The quantitative estimate of drug-likeness (QED) is 0.638. The summed E-state index contributed by atoms with van der Waals surface area (Å²) in [6, 6.07) is 18.3. The molecule has 2 aromatic carbocycles. The van der Waals surface area contributed by atoms with Crippen molar-refractivity contribution in [2.75, 3.05) is 12.0 Å². The number of aliphatic hydroxyl groups excluding tert-OH is 1. The molecule has 0 atom stereocenters. The van der Waals surface area contributed by atoms with Gasteiger partial charge in [0.15, 0.2) is 0 Å². The lowest BCUT2D eigenvalue weighted by molar-refractivity contribution is 0.152. The average Bonchev–Trinajstić information content (AvgIpc) is 2.63. The van der Waals surface area contributed by atoms with E-state index in [2.05, 4.69) is 28.7 Å². The van der Waals surface area contributed by atoms with E-state index in [-0.39, 0.29) is 12.0 Å². The molecule has 0 amide bonds. The maximum absolute atomic E-state index is 9.96. The number of benzene rings is 2. The lowest BCUT2D eigenvalue weighted by atomic mass is 9.70. The number of hydrogen-bond donors (Lipinski definition) is 2. The van der Waals surface area contributed by atoms with Gasteiger partial charge >= 0.3 is 0 Å². The molecule has 1 aliphatic carbocycles. The zero-order valence-corrected chi connectivity index (χ0v) is 13.4. The Labute approximate surface area is 138 Å². The molecule has 0 radical (unpaired) electrons. The molecule has 2 N–H and O–H groups in total. The number of hydrogen-bond acceptors (Lipinski definition) is 3. The maximum Gasteiger partial charge on any atom is 0.0561 e. The average molecular weight is 308 g/mol. The number of para-hydroxylation sites is 1. The van der Waals surface area contributed by atoms with Crippen molar-refractivity contribution in [2.24, 2.45) is 5.10 Å². The molecule has 3 heteroatoms. The van der Waals surface area contributed by atoms with Crippen LogP contribution < -0.4 is 5.43 Å². The molecule has 3 nitrogen and oxygen atoms in total. The molecule has 0 aliphatic heterocycles. The Morgan fingerprint density at radius 2 is 1.78 bits per heavy atom. The minimum atomic E-state index is -0.0606. The predicted molar refractivity (Wildman–Crippen MR) is 95.9 cm³/mol. The van der Waals surface area contributed by atoms with E-state index in [0.717, 1.165) is 24.1 Å². The molecule has 2 aromatic rings. The van der Waals surface area contributed by atoms with Gasteiger partial charge in [0.2, 0.25) is 0 Å². The van der Waals surface area contributed by atoms with Crippen LogP contribution in [0.3, 0.4) is 0 Å². The summed E-state index contributed by atoms with van der Waals surface area (Å²) in [5, 5.41) is 14.3. The minimum Gasteiger partial charge on any atom is -0.395 e. The molecule has 1 saturated carbocycles. The summed E-state index contributed by atoms with van der Waals surface area (Å²) in [5.74, 6) is 0. The Bertz CT molecular complexity index is 646. The van der Waals surface area contributed by atoms with Crippen LogP contribution in [-0.2, 0) is 5.41 Å². The summed E-state index contributed by atoms with van der Waals surface area (Å²) in [7, 11) is 0. The highest BCUT2D eigenvalue weighted by Gasteiger charge is 2.33. The molecular formula is C20H24N2O. The van der Waals surface area contributed by atoms with Gasteiger partial charge in [-0.1, -0.05) is 55.7 Å². The smallest absolute Gasteiger partial charge is 0.0561 e. The summed E-state index contributed by atoms with van der Waals surface area (Å²) in [6.07, 6.45) is 7.68. The number of hydrazone groups is 1. The summed E-state index contributed by atoms with van der Waals surface area (Å²) >= 11 is 0. The molecule has 1 fully saturated rings. The SMILES string of the molecule is OCC1(c2cccc(C=NNc3ccccc3)c2)CCCCC1. The van der Waals surface area contributed by atoms with Crippen molar-refractivity contribution in [1.82, 2.24) is 0 Å². The molecule has 0 spiro atoms. The minimum absolute atomic E-state index is 0.0606. The Balaban J connectivity index is 1.74. The highest BCUT2D eigenvalue weighted by molar-refractivity contribution is 5.80. The van der Waals surface area contributed by atoms with Crippen LogP contribution in [0.1, 0.15) is 43.2 Å². The Hall–Kier alpha value is -2.13. The zero-order valence-electron chi connectivity index (χ0n) is 13.4. The largest absolute Gasteiger partial charge is 0.395 e. The zero-order chi connectivity index (χ0) is 16.0. The van der Waals surface area contributed by atoms with Crippen LogP contribution in [0.4, 0.5) is 5.69 Å². The third-order valence-electron chi connectivity index (χ3n) is 4.79. The van der Waals surface area contributed by atoms with Crippen LogP contribution in [-0.4, -0.2) is 17.9 Å². The van der Waals surface area contributed by atoms with Gasteiger partial charge in [0.05, 0.1) is 18.5 Å². The number of nitrogens with zero attached hydrogens (tertiary/aromatic N) is 1. The first-order valence-corrected chi connectivity index (χ1v) is 8.38. The number of nitrogens with one attached hydrogen (secondary N) is 1. The second-order valence-electron chi connectivity index (χ2n) is 6.36. The van der Waals surface area contributed by atoms with E-state index < -0.39 is 0 Å². The van der Waals surface area contributed by atoms with Crippen molar-refractivity contribution in [3.05, 3.63) is 65.7 Å². The van der Waals surface area contributed by atoms with Gasteiger partial charge in [-0.05, 0) is 42.2 Å². The van der Waals surface area contributed by atoms with Gasteiger partial charge in [-0.2, -0.15) is 5.10 Å². The van der Waals surface area contributed by atoms with Crippen LogP contribution in [0.15, 0.2) is 59.7 Å². The van der Waals surface area contributed by atoms with Crippen molar-refractivity contribution in [3.63, 3.8) is 0 Å². The highest BCUT2D eigenvalue weighted by Crippen LogP contribution is 2.39. The van der Waals surface area contributed by atoms with Gasteiger partial charge in [-0.15, -0.1) is 0 Å². The van der Waals surface area contributed by atoms with Crippen LogP contribution in [0, 0.1) is 0 Å². The summed E-state index contributed by atoms with van der Waals surface area (Å²) < 4.78 is 0. The van der Waals surface area contributed by atoms with Gasteiger partial charge in [0.25, 0.3) is 0 Å². The van der Waals surface area contributed by atoms with Gasteiger partial charge in [-0.25, -0.2) is 0 Å². The first-order valence-electron chi connectivity index (χ1n) is 8.38. The van der Waals surface area contributed by atoms with Crippen molar-refractivity contribution in [2.45, 2.75) is 37.5 Å². The summed E-state index contributed by atoms with van der Waals surface area (Å²) in [6.45, 7) is 0.232. The van der Waals surface area contributed by atoms with E-state index in [9.17, 15) is 5.11 Å². The number of rotatable bonds is 5. The Kier molecular flexibility index (Phi) is 5.09. The Morgan fingerprint density at radius 3 is 2.52 bits per heavy atom. The van der Waals surface area contributed by atoms with E-state index >= 15 is 0 Å². The van der Waals surface area contributed by atoms with E-state index in [4.69, 9.17) is 0 Å².